The second-order valence-corrected chi connectivity index (χ2v) is 4.73. The first-order valence-electron chi connectivity index (χ1n) is 5.37. The number of hydrogen-bond acceptors (Lipinski definition) is 2. The van der Waals surface area contributed by atoms with Gasteiger partial charge in [0.2, 0.25) is 0 Å². The van der Waals surface area contributed by atoms with E-state index in [1.54, 1.807) is 0 Å². The number of hydrogen-bond donors (Lipinski definition) is 2. The fourth-order valence-electron chi connectivity index (χ4n) is 1.63. The van der Waals surface area contributed by atoms with Gasteiger partial charge in [-0.1, -0.05) is 27.7 Å². The highest BCUT2D eigenvalue weighted by Crippen LogP contribution is 2.12. The molecule has 0 atom stereocenters. The van der Waals surface area contributed by atoms with Crippen LogP contribution in [0.15, 0.2) is 0 Å². The van der Waals surface area contributed by atoms with E-state index in [-0.39, 0.29) is 6.54 Å². The van der Waals surface area contributed by atoms with Crippen LogP contribution in [0.4, 0.5) is 0 Å². The number of rotatable bonds is 7. The molecule has 0 saturated heterocycles. The highest BCUT2D eigenvalue weighted by molar-refractivity contribution is 5.69. The molecule has 0 fully saturated rings. The molecule has 0 spiro atoms. The zero-order valence-electron chi connectivity index (χ0n) is 9.71. The van der Waals surface area contributed by atoms with Gasteiger partial charge in [-0.2, -0.15) is 0 Å². The van der Waals surface area contributed by atoms with Crippen LogP contribution in [0, 0.1) is 11.8 Å². The summed E-state index contributed by atoms with van der Waals surface area (Å²) in [4.78, 5) is 10.4. The summed E-state index contributed by atoms with van der Waals surface area (Å²) in [5.74, 6) is 0.447. The lowest BCUT2D eigenvalue weighted by molar-refractivity contribution is -0.136. The van der Waals surface area contributed by atoms with Gasteiger partial charge in [0.05, 0.1) is 6.54 Å². The molecule has 0 aromatic carbocycles. The monoisotopic (exact) mass is 201 g/mol. The van der Waals surface area contributed by atoms with Crippen LogP contribution >= 0.6 is 0 Å². The van der Waals surface area contributed by atoms with Crippen LogP contribution in [0.2, 0.25) is 0 Å². The van der Waals surface area contributed by atoms with Gasteiger partial charge in [-0.3, -0.25) is 4.79 Å². The van der Waals surface area contributed by atoms with Crippen molar-refractivity contribution >= 4 is 5.97 Å². The van der Waals surface area contributed by atoms with Gasteiger partial charge in [0.1, 0.15) is 0 Å². The summed E-state index contributed by atoms with van der Waals surface area (Å²) in [5.41, 5.74) is 0. The Morgan fingerprint density at radius 3 is 1.86 bits per heavy atom. The third kappa shape index (κ3) is 8.05. The van der Waals surface area contributed by atoms with Crippen molar-refractivity contribution in [3.8, 4) is 0 Å². The SMILES string of the molecule is CC(C)CC(CC(C)C)NCC(=O)O. The Morgan fingerprint density at radius 1 is 1.14 bits per heavy atom. The topological polar surface area (TPSA) is 49.3 Å². The van der Waals surface area contributed by atoms with E-state index < -0.39 is 5.97 Å². The molecular weight excluding hydrogens is 178 g/mol. The first kappa shape index (κ1) is 13.4. The van der Waals surface area contributed by atoms with Crippen molar-refractivity contribution in [1.82, 2.24) is 5.32 Å². The molecule has 0 aliphatic carbocycles. The molecule has 0 heterocycles. The summed E-state index contributed by atoms with van der Waals surface area (Å²) in [7, 11) is 0. The summed E-state index contributed by atoms with van der Waals surface area (Å²) in [6.07, 6.45) is 2.09. The molecule has 0 aromatic heterocycles. The van der Waals surface area contributed by atoms with Crippen LogP contribution in [0.3, 0.4) is 0 Å². The van der Waals surface area contributed by atoms with Crippen molar-refractivity contribution in [2.45, 2.75) is 46.6 Å². The van der Waals surface area contributed by atoms with Crippen LogP contribution in [0.25, 0.3) is 0 Å². The molecule has 3 nitrogen and oxygen atoms in total. The normalized spacial score (nSPS) is 11.6. The average molecular weight is 201 g/mol. The fraction of sp³-hybridized carbons (Fsp3) is 0.909. The van der Waals surface area contributed by atoms with E-state index in [4.69, 9.17) is 5.11 Å². The van der Waals surface area contributed by atoms with Gasteiger partial charge in [0.15, 0.2) is 0 Å². The predicted molar refractivity (Wildman–Crippen MR) is 58.3 cm³/mol. The van der Waals surface area contributed by atoms with Gasteiger partial charge in [-0.05, 0) is 24.7 Å². The van der Waals surface area contributed by atoms with E-state index in [0.29, 0.717) is 17.9 Å². The van der Waals surface area contributed by atoms with E-state index in [1.165, 1.54) is 0 Å². The highest BCUT2D eigenvalue weighted by atomic mass is 16.4. The standard InChI is InChI=1S/C11H23NO2/c1-8(2)5-10(6-9(3)4)12-7-11(13)14/h8-10,12H,5-7H2,1-4H3,(H,13,14). The van der Waals surface area contributed by atoms with Crippen molar-refractivity contribution in [2.75, 3.05) is 6.54 Å². The smallest absolute Gasteiger partial charge is 0.317 e. The summed E-state index contributed by atoms with van der Waals surface area (Å²) < 4.78 is 0. The molecule has 0 aliphatic heterocycles. The second-order valence-electron chi connectivity index (χ2n) is 4.73. The Balaban J connectivity index is 3.90. The number of carbonyl (C=O) groups is 1. The van der Waals surface area contributed by atoms with Gasteiger partial charge in [-0.25, -0.2) is 0 Å². The largest absolute Gasteiger partial charge is 0.480 e. The molecule has 0 saturated carbocycles. The molecule has 2 N–H and O–H groups in total. The van der Waals surface area contributed by atoms with E-state index in [2.05, 4.69) is 33.0 Å². The zero-order valence-corrected chi connectivity index (χ0v) is 9.71. The molecule has 0 bridgehead atoms. The van der Waals surface area contributed by atoms with Crippen LogP contribution < -0.4 is 5.32 Å². The minimum atomic E-state index is -0.775. The molecule has 84 valence electrons. The predicted octanol–water partition coefficient (Wildman–Crippen LogP) is 2.12. The molecule has 0 unspecified atom stereocenters. The van der Waals surface area contributed by atoms with E-state index >= 15 is 0 Å². The Bertz CT molecular complexity index is 157. The van der Waals surface area contributed by atoms with Crippen LogP contribution in [-0.4, -0.2) is 23.7 Å². The minimum Gasteiger partial charge on any atom is -0.480 e. The maximum atomic E-state index is 10.4. The summed E-state index contributed by atoms with van der Waals surface area (Å²) in [6, 6.07) is 0.339. The van der Waals surface area contributed by atoms with Crippen LogP contribution in [0.5, 0.6) is 0 Å². The Hall–Kier alpha value is -0.570. The van der Waals surface area contributed by atoms with Crippen molar-refractivity contribution in [3.05, 3.63) is 0 Å². The lowest BCUT2D eigenvalue weighted by Gasteiger charge is -2.21. The first-order chi connectivity index (χ1) is 6.41. The third-order valence-electron chi connectivity index (χ3n) is 2.05. The lowest BCUT2D eigenvalue weighted by Crippen LogP contribution is -2.35. The zero-order chi connectivity index (χ0) is 11.1. The van der Waals surface area contributed by atoms with Gasteiger partial charge >= 0.3 is 5.97 Å². The quantitative estimate of drug-likeness (QED) is 0.663. The molecule has 0 amide bonds. The third-order valence-corrected chi connectivity index (χ3v) is 2.05. The van der Waals surface area contributed by atoms with Crippen LogP contribution in [-0.2, 0) is 4.79 Å². The van der Waals surface area contributed by atoms with Gasteiger partial charge < -0.3 is 10.4 Å². The van der Waals surface area contributed by atoms with Gasteiger partial charge in [0, 0.05) is 6.04 Å². The van der Waals surface area contributed by atoms with Gasteiger partial charge in [-0.15, -0.1) is 0 Å². The number of aliphatic carboxylic acids is 1. The van der Waals surface area contributed by atoms with Crippen molar-refractivity contribution in [2.24, 2.45) is 11.8 Å². The number of carboxylic acid groups (broad SMARTS) is 1. The molecule has 14 heavy (non-hydrogen) atoms. The maximum Gasteiger partial charge on any atom is 0.317 e. The molecule has 3 heteroatoms. The summed E-state index contributed by atoms with van der Waals surface area (Å²) >= 11 is 0. The fourth-order valence-corrected chi connectivity index (χ4v) is 1.63. The van der Waals surface area contributed by atoms with Crippen LogP contribution in [0.1, 0.15) is 40.5 Å². The summed E-state index contributed by atoms with van der Waals surface area (Å²) in [5, 5.41) is 11.7. The Kier molecular flexibility index (Phi) is 6.54. The Labute approximate surface area is 86.9 Å². The summed E-state index contributed by atoms with van der Waals surface area (Å²) in [6.45, 7) is 8.72. The van der Waals surface area contributed by atoms with Gasteiger partial charge in [0.25, 0.3) is 0 Å². The van der Waals surface area contributed by atoms with Crippen molar-refractivity contribution < 1.29 is 9.90 Å². The number of carboxylic acids is 1. The average Bonchev–Trinajstić information content (AvgIpc) is 1.97. The van der Waals surface area contributed by atoms with Crippen molar-refractivity contribution in [3.63, 3.8) is 0 Å². The van der Waals surface area contributed by atoms with E-state index in [1.807, 2.05) is 0 Å². The molecule has 0 rings (SSSR count). The molecule has 0 radical (unpaired) electrons. The highest BCUT2D eigenvalue weighted by Gasteiger charge is 2.13. The van der Waals surface area contributed by atoms with E-state index in [0.717, 1.165) is 12.8 Å². The molecule has 0 aromatic rings. The van der Waals surface area contributed by atoms with E-state index in [9.17, 15) is 4.79 Å². The molecule has 0 aliphatic rings. The minimum absolute atomic E-state index is 0.0735. The van der Waals surface area contributed by atoms with Crippen molar-refractivity contribution in [1.29, 1.82) is 0 Å². The second kappa shape index (κ2) is 6.82. The Morgan fingerprint density at radius 2 is 1.57 bits per heavy atom. The lowest BCUT2D eigenvalue weighted by atomic mass is 9.96. The number of nitrogens with one attached hydrogen (secondary N) is 1. The first-order valence-corrected chi connectivity index (χ1v) is 5.37. The maximum absolute atomic E-state index is 10.4. The molecular formula is C11H23NO2.